The Kier molecular flexibility index (Phi) is 5.82. The van der Waals surface area contributed by atoms with Gasteiger partial charge >= 0.3 is 0 Å². The molecule has 0 fully saturated rings. The van der Waals surface area contributed by atoms with Crippen molar-refractivity contribution < 1.29 is 4.74 Å². The average molecular weight is 538 g/mol. The monoisotopic (exact) mass is 537 g/mol. The smallest absolute Gasteiger partial charge is 0.136 e. The quantitative estimate of drug-likeness (QED) is 0.221. The fourth-order valence-electron chi connectivity index (χ4n) is 6.15. The summed E-state index contributed by atoms with van der Waals surface area (Å²) in [6, 6.07) is 57.8. The van der Waals surface area contributed by atoms with Crippen LogP contribution in [-0.4, -0.2) is 0 Å². The van der Waals surface area contributed by atoms with E-state index in [1.807, 2.05) is 6.07 Å². The van der Waals surface area contributed by atoms with Gasteiger partial charge in [-0.1, -0.05) is 121 Å². The van der Waals surface area contributed by atoms with Gasteiger partial charge in [-0.3, -0.25) is 0 Å². The van der Waals surface area contributed by atoms with Crippen LogP contribution in [-0.2, 0) is 0 Å². The number of hydrogen-bond donors (Lipinski definition) is 0. The lowest BCUT2D eigenvalue weighted by molar-refractivity contribution is 0.488. The van der Waals surface area contributed by atoms with Gasteiger partial charge in [0.1, 0.15) is 11.5 Å². The summed E-state index contributed by atoms with van der Waals surface area (Å²) in [6.07, 6.45) is 0. The predicted molar refractivity (Wildman–Crippen MR) is 175 cm³/mol. The number of anilines is 3. The molecule has 0 N–H and O–H groups in total. The molecule has 0 radical (unpaired) electrons. The third-order valence-electron chi connectivity index (χ3n) is 8.07. The minimum Gasteiger partial charge on any atom is -0.456 e. The molecule has 1 aliphatic heterocycles. The van der Waals surface area contributed by atoms with Crippen LogP contribution in [0.1, 0.15) is 0 Å². The largest absolute Gasteiger partial charge is 0.456 e. The van der Waals surface area contributed by atoms with Crippen LogP contribution in [0.2, 0.25) is 0 Å². The fraction of sp³-hybridized carbons (Fsp3) is 0. The molecule has 7 aromatic rings. The molecule has 2 nitrogen and oxygen atoms in total. The highest BCUT2D eigenvalue weighted by molar-refractivity contribution is 6.12. The van der Waals surface area contributed by atoms with Crippen LogP contribution < -0.4 is 9.64 Å². The second-order valence-electron chi connectivity index (χ2n) is 10.5. The molecule has 0 amide bonds. The second kappa shape index (κ2) is 10.1. The number of nitrogens with zero attached hydrogens (tertiary/aromatic N) is 1. The lowest BCUT2D eigenvalue weighted by atomic mass is 9.90. The molecule has 2 heteroatoms. The van der Waals surface area contributed by atoms with Gasteiger partial charge in [-0.2, -0.15) is 0 Å². The molecule has 0 saturated heterocycles. The van der Waals surface area contributed by atoms with Gasteiger partial charge in [0.2, 0.25) is 0 Å². The van der Waals surface area contributed by atoms with Gasteiger partial charge in [0, 0.05) is 27.9 Å². The van der Waals surface area contributed by atoms with Crippen molar-refractivity contribution in [1.29, 1.82) is 0 Å². The van der Waals surface area contributed by atoms with Crippen molar-refractivity contribution >= 4 is 27.8 Å². The maximum absolute atomic E-state index is 6.69. The standard InChI is InChI=1S/C40H27NO/c1-3-12-28(13-4-1)29-22-25-32(26-23-29)41(31-15-5-2-6-16-31)36-20-11-14-30-24-27-38-40(39(30)36)35-19-8-7-17-33(35)34-18-9-10-21-37(34)42-38/h1-27H. The van der Waals surface area contributed by atoms with Crippen molar-refractivity contribution in [2.24, 2.45) is 0 Å². The molecule has 0 unspecified atom stereocenters. The Bertz CT molecular complexity index is 2050. The summed E-state index contributed by atoms with van der Waals surface area (Å²) < 4.78 is 6.69. The highest BCUT2D eigenvalue weighted by Crippen LogP contribution is 2.52. The average Bonchev–Trinajstić information content (AvgIpc) is 3.21. The minimum atomic E-state index is 0.861. The number of fused-ring (bicyclic) bond motifs is 7. The predicted octanol–water partition coefficient (Wildman–Crippen LogP) is 11.4. The van der Waals surface area contributed by atoms with Crippen molar-refractivity contribution in [3.8, 4) is 44.9 Å². The Balaban J connectivity index is 1.39. The van der Waals surface area contributed by atoms with E-state index in [1.54, 1.807) is 0 Å². The van der Waals surface area contributed by atoms with Crippen molar-refractivity contribution in [3.05, 3.63) is 164 Å². The van der Waals surface area contributed by atoms with Crippen LogP contribution in [0.4, 0.5) is 17.1 Å². The van der Waals surface area contributed by atoms with E-state index in [9.17, 15) is 0 Å². The molecular formula is C40H27NO. The first kappa shape index (κ1) is 24.2. The molecule has 0 spiro atoms. The summed E-state index contributed by atoms with van der Waals surface area (Å²) >= 11 is 0. The second-order valence-corrected chi connectivity index (χ2v) is 10.5. The van der Waals surface area contributed by atoms with Crippen LogP contribution in [0.5, 0.6) is 11.5 Å². The summed E-state index contributed by atoms with van der Waals surface area (Å²) in [4.78, 5) is 2.36. The van der Waals surface area contributed by atoms with Crippen molar-refractivity contribution in [2.45, 2.75) is 0 Å². The van der Waals surface area contributed by atoms with Crippen LogP contribution in [0, 0.1) is 0 Å². The summed E-state index contributed by atoms with van der Waals surface area (Å²) in [6.45, 7) is 0. The molecule has 7 aromatic carbocycles. The summed E-state index contributed by atoms with van der Waals surface area (Å²) in [7, 11) is 0. The van der Waals surface area contributed by atoms with Gasteiger partial charge < -0.3 is 9.64 Å². The van der Waals surface area contributed by atoms with Crippen LogP contribution in [0.25, 0.3) is 44.2 Å². The van der Waals surface area contributed by atoms with Gasteiger partial charge in [0.25, 0.3) is 0 Å². The number of hydrogen-bond acceptors (Lipinski definition) is 2. The molecule has 198 valence electrons. The molecule has 0 atom stereocenters. The SMILES string of the molecule is c1ccc(-c2ccc(N(c3ccccc3)c3cccc4ccc5c(c34)-c3ccccc3-c3ccccc3O5)cc2)cc1. The highest BCUT2D eigenvalue weighted by Gasteiger charge is 2.25. The van der Waals surface area contributed by atoms with Crippen molar-refractivity contribution in [3.63, 3.8) is 0 Å². The fourth-order valence-corrected chi connectivity index (χ4v) is 6.15. The molecule has 8 rings (SSSR count). The van der Waals surface area contributed by atoms with E-state index in [-0.39, 0.29) is 0 Å². The number of benzene rings is 7. The maximum atomic E-state index is 6.69. The minimum absolute atomic E-state index is 0.861. The Labute approximate surface area is 245 Å². The van der Waals surface area contributed by atoms with E-state index in [2.05, 4.69) is 163 Å². The zero-order valence-corrected chi connectivity index (χ0v) is 22.9. The third kappa shape index (κ3) is 4.05. The number of ether oxygens (including phenoxy) is 1. The number of rotatable bonds is 4. The number of para-hydroxylation sites is 2. The Morgan fingerprint density at radius 1 is 0.381 bits per heavy atom. The normalized spacial score (nSPS) is 11.5. The van der Waals surface area contributed by atoms with Crippen LogP contribution >= 0.6 is 0 Å². The van der Waals surface area contributed by atoms with Gasteiger partial charge in [-0.25, -0.2) is 0 Å². The molecule has 0 aliphatic carbocycles. The van der Waals surface area contributed by atoms with E-state index < -0.39 is 0 Å². The van der Waals surface area contributed by atoms with Crippen molar-refractivity contribution in [2.75, 3.05) is 4.90 Å². The van der Waals surface area contributed by atoms with Crippen LogP contribution in [0.15, 0.2) is 164 Å². The van der Waals surface area contributed by atoms with Gasteiger partial charge in [-0.15, -0.1) is 0 Å². The third-order valence-corrected chi connectivity index (χ3v) is 8.07. The molecule has 0 aromatic heterocycles. The van der Waals surface area contributed by atoms with E-state index in [4.69, 9.17) is 4.74 Å². The Hall–Kier alpha value is -5.60. The lowest BCUT2D eigenvalue weighted by Gasteiger charge is -2.28. The van der Waals surface area contributed by atoms with Crippen molar-refractivity contribution in [1.82, 2.24) is 0 Å². The van der Waals surface area contributed by atoms with E-state index in [0.29, 0.717) is 0 Å². The first-order valence-corrected chi connectivity index (χ1v) is 14.3. The summed E-state index contributed by atoms with van der Waals surface area (Å²) in [5.74, 6) is 1.73. The van der Waals surface area contributed by atoms with E-state index >= 15 is 0 Å². The van der Waals surface area contributed by atoms with E-state index in [0.717, 1.165) is 50.5 Å². The molecule has 0 saturated carbocycles. The van der Waals surface area contributed by atoms with Gasteiger partial charge in [0.15, 0.2) is 0 Å². The lowest BCUT2D eigenvalue weighted by Crippen LogP contribution is -2.10. The van der Waals surface area contributed by atoms with Gasteiger partial charge in [-0.05, 0) is 70.1 Å². The Morgan fingerprint density at radius 2 is 1.00 bits per heavy atom. The first-order valence-electron chi connectivity index (χ1n) is 14.3. The molecule has 42 heavy (non-hydrogen) atoms. The topological polar surface area (TPSA) is 12.5 Å². The molecular weight excluding hydrogens is 510 g/mol. The highest BCUT2D eigenvalue weighted by atomic mass is 16.5. The van der Waals surface area contributed by atoms with E-state index in [1.165, 1.54) is 22.3 Å². The first-order chi connectivity index (χ1) is 20.8. The summed E-state index contributed by atoms with van der Waals surface area (Å²) in [5, 5.41) is 2.32. The molecule has 1 aliphatic rings. The maximum Gasteiger partial charge on any atom is 0.136 e. The molecule has 0 bridgehead atoms. The summed E-state index contributed by atoms with van der Waals surface area (Å²) in [5.41, 5.74) is 10.3. The zero-order chi connectivity index (χ0) is 27.9. The van der Waals surface area contributed by atoms with Crippen LogP contribution in [0.3, 0.4) is 0 Å². The zero-order valence-electron chi connectivity index (χ0n) is 22.9. The molecule has 1 heterocycles. The Morgan fingerprint density at radius 3 is 1.79 bits per heavy atom. The van der Waals surface area contributed by atoms with Gasteiger partial charge in [0.05, 0.1) is 5.69 Å².